The Morgan fingerprint density at radius 1 is 1.03 bits per heavy atom. The van der Waals surface area contributed by atoms with Crippen molar-refractivity contribution in [3.05, 3.63) is 104 Å². The zero-order valence-corrected chi connectivity index (χ0v) is 16.5. The van der Waals surface area contributed by atoms with Crippen LogP contribution in [-0.2, 0) is 6.61 Å². The normalized spacial score (nSPS) is 13.8. The van der Waals surface area contributed by atoms with E-state index in [-0.39, 0.29) is 17.2 Å². The number of nitrogens with zero attached hydrogens (tertiary/aromatic N) is 1. The molecule has 0 N–H and O–H groups in total. The van der Waals surface area contributed by atoms with Gasteiger partial charge < -0.3 is 9.47 Å². The first kappa shape index (κ1) is 19.4. The number of fused-ring (bicyclic) bond motifs is 1. The number of non-ortho nitro benzene ring substituents is 1. The predicted octanol–water partition coefficient (Wildman–Crippen LogP) is 5.41. The molecule has 0 bridgehead atoms. The molecule has 0 saturated heterocycles. The molecule has 0 saturated carbocycles. The van der Waals surface area contributed by atoms with Gasteiger partial charge in [-0.2, -0.15) is 0 Å². The van der Waals surface area contributed by atoms with E-state index in [0.29, 0.717) is 29.2 Å². The highest BCUT2D eigenvalue weighted by Crippen LogP contribution is 2.38. The standard InChI is InChI=1S/C24H19NO5/c1-15-6-3-4-8-18(15)14-29-20-10-16(2)23-21(13-20)30-22(24(23)26)12-17-7-5-9-19(11-17)25(27)28/h3-13H,14H2,1-2H3/b22-12-. The van der Waals surface area contributed by atoms with Crippen molar-refractivity contribution >= 4 is 17.5 Å². The predicted molar refractivity (Wildman–Crippen MR) is 113 cm³/mol. The van der Waals surface area contributed by atoms with E-state index in [9.17, 15) is 14.9 Å². The highest BCUT2D eigenvalue weighted by molar-refractivity contribution is 6.15. The van der Waals surface area contributed by atoms with Gasteiger partial charge in [0.1, 0.15) is 18.1 Å². The summed E-state index contributed by atoms with van der Waals surface area (Å²) >= 11 is 0. The molecule has 0 aliphatic carbocycles. The molecule has 6 heteroatoms. The minimum Gasteiger partial charge on any atom is -0.489 e. The van der Waals surface area contributed by atoms with Gasteiger partial charge in [-0.05, 0) is 48.2 Å². The molecule has 1 aliphatic rings. The molecule has 150 valence electrons. The summed E-state index contributed by atoms with van der Waals surface area (Å²) in [5, 5.41) is 11.0. The molecule has 4 rings (SSSR count). The lowest BCUT2D eigenvalue weighted by molar-refractivity contribution is -0.384. The Kier molecular flexibility index (Phi) is 5.06. The van der Waals surface area contributed by atoms with Gasteiger partial charge in [0.15, 0.2) is 5.76 Å². The second-order valence-corrected chi connectivity index (χ2v) is 7.12. The van der Waals surface area contributed by atoms with Crippen LogP contribution in [0.5, 0.6) is 11.5 Å². The highest BCUT2D eigenvalue weighted by atomic mass is 16.6. The maximum atomic E-state index is 12.8. The lowest BCUT2D eigenvalue weighted by atomic mass is 10.0. The Bertz CT molecular complexity index is 1200. The molecule has 6 nitrogen and oxygen atoms in total. The molecule has 0 fully saturated rings. The fourth-order valence-electron chi connectivity index (χ4n) is 3.37. The number of nitro groups is 1. The molecule has 1 heterocycles. The summed E-state index contributed by atoms with van der Waals surface area (Å²) in [4.78, 5) is 23.3. The van der Waals surface area contributed by atoms with E-state index in [1.165, 1.54) is 18.2 Å². The van der Waals surface area contributed by atoms with Crippen molar-refractivity contribution in [2.45, 2.75) is 20.5 Å². The smallest absolute Gasteiger partial charge is 0.270 e. The Hall–Kier alpha value is -3.93. The van der Waals surface area contributed by atoms with Crippen molar-refractivity contribution < 1.29 is 19.2 Å². The number of aryl methyl sites for hydroxylation is 2. The molecule has 0 spiro atoms. The third-order valence-corrected chi connectivity index (χ3v) is 4.98. The van der Waals surface area contributed by atoms with Gasteiger partial charge in [-0.15, -0.1) is 0 Å². The van der Waals surface area contributed by atoms with Crippen LogP contribution in [0, 0.1) is 24.0 Å². The molecule has 0 amide bonds. The lowest BCUT2D eigenvalue weighted by Gasteiger charge is -2.10. The van der Waals surface area contributed by atoms with Gasteiger partial charge in [-0.3, -0.25) is 14.9 Å². The summed E-state index contributed by atoms with van der Waals surface area (Å²) in [7, 11) is 0. The zero-order valence-electron chi connectivity index (χ0n) is 16.5. The molecule has 1 aliphatic heterocycles. The zero-order chi connectivity index (χ0) is 21.3. The van der Waals surface area contributed by atoms with Gasteiger partial charge in [0.25, 0.3) is 5.69 Å². The minimum atomic E-state index is -0.476. The van der Waals surface area contributed by atoms with Crippen LogP contribution < -0.4 is 9.47 Å². The fraction of sp³-hybridized carbons (Fsp3) is 0.125. The largest absolute Gasteiger partial charge is 0.489 e. The van der Waals surface area contributed by atoms with Gasteiger partial charge in [0, 0.05) is 18.2 Å². The van der Waals surface area contributed by atoms with Crippen LogP contribution in [0.4, 0.5) is 5.69 Å². The van der Waals surface area contributed by atoms with Gasteiger partial charge in [0.05, 0.1) is 10.5 Å². The average molecular weight is 401 g/mol. The summed E-state index contributed by atoms with van der Waals surface area (Å²) in [6, 6.07) is 17.5. The molecule has 0 atom stereocenters. The van der Waals surface area contributed by atoms with Crippen LogP contribution in [0.25, 0.3) is 6.08 Å². The number of hydrogen-bond acceptors (Lipinski definition) is 5. The summed E-state index contributed by atoms with van der Waals surface area (Å²) in [6.45, 7) is 4.27. The van der Waals surface area contributed by atoms with Crippen LogP contribution in [0.15, 0.2) is 66.4 Å². The second-order valence-electron chi connectivity index (χ2n) is 7.12. The number of nitro benzene ring substituents is 1. The maximum Gasteiger partial charge on any atom is 0.270 e. The number of carbonyl (C=O) groups excluding carboxylic acids is 1. The van der Waals surface area contributed by atoms with Gasteiger partial charge in [-0.1, -0.05) is 36.4 Å². The van der Waals surface area contributed by atoms with Crippen molar-refractivity contribution in [1.82, 2.24) is 0 Å². The number of Topliss-reactive ketones (excluding diaryl/α,β-unsaturated/α-hetero) is 1. The molecule has 0 unspecified atom stereocenters. The van der Waals surface area contributed by atoms with E-state index in [2.05, 4.69) is 0 Å². The SMILES string of the molecule is Cc1ccccc1COc1cc(C)c2c(c1)O/C(=C\c1cccc([N+](=O)[O-])c1)C2=O. The van der Waals surface area contributed by atoms with Crippen LogP contribution >= 0.6 is 0 Å². The number of carbonyl (C=O) groups is 1. The van der Waals surface area contributed by atoms with Gasteiger partial charge >= 0.3 is 0 Å². The van der Waals surface area contributed by atoms with E-state index in [0.717, 1.165) is 16.7 Å². The summed E-state index contributed by atoms with van der Waals surface area (Å²) < 4.78 is 11.7. The van der Waals surface area contributed by atoms with Crippen LogP contribution in [-0.4, -0.2) is 10.7 Å². The molecular weight excluding hydrogens is 382 g/mol. The summed E-state index contributed by atoms with van der Waals surface area (Å²) in [5.74, 6) is 0.916. The lowest BCUT2D eigenvalue weighted by Crippen LogP contribution is -2.00. The fourth-order valence-corrected chi connectivity index (χ4v) is 3.37. The second kappa shape index (κ2) is 7.83. The first-order chi connectivity index (χ1) is 14.4. The van der Waals surface area contributed by atoms with Gasteiger partial charge in [0.2, 0.25) is 5.78 Å². The minimum absolute atomic E-state index is 0.0459. The van der Waals surface area contributed by atoms with E-state index in [4.69, 9.17) is 9.47 Å². The Balaban J connectivity index is 1.58. The molecular formula is C24H19NO5. The average Bonchev–Trinajstić information content (AvgIpc) is 3.03. The van der Waals surface area contributed by atoms with Crippen molar-refractivity contribution in [2.75, 3.05) is 0 Å². The van der Waals surface area contributed by atoms with Crippen molar-refractivity contribution in [3.63, 3.8) is 0 Å². The first-order valence-electron chi connectivity index (χ1n) is 9.43. The van der Waals surface area contributed by atoms with E-state index in [1.54, 1.807) is 18.2 Å². The number of hydrogen-bond donors (Lipinski definition) is 0. The monoisotopic (exact) mass is 401 g/mol. The van der Waals surface area contributed by atoms with E-state index in [1.807, 2.05) is 44.2 Å². The highest BCUT2D eigenvalue weighted by Gasteiger charge is 2.30. The molecule has 3 aromatic carbocycles. The Labute approximate surface area is 173 Å². The van der Waals surface area contributed by atoms with Crippen LogP contribution in [0.2, 0.25) is 0 Å². The van der Waals surface area contributed by atoms with E-state index < -0.39 is 4.92 Å². The Morgan fingerprint density at radius 2 is 1.83 bits per heavy atom. The number of allylic oxidation sites excluding steroid dienone is 1. The van der Waals surface area contributed by atoms with Crippen molar-refractivity contribution in [1.29, 1.82) is 0 Å². The number of ketones is 1. The van der Waals surface area contributed by atoms with Crippen LogP contribution in [0.3, 0.4) is 0 Å². The summed E-state index contributed by atoms with van der Waals surface area (Å²) in [6.07, 6.45) is 1.52. The third kappa shape index (κ3) is 3.80. The summed E-state index contributed by atoms with van der Waals surface area (Å²) in [5.41, 5.74) is 3.93. The molecule has 3 aromatic rings. The molecule has 0 radical (unpaired) electrons. The molecule has 0 aromatic heterocycles. The Morgan fingerprint density at radius 3 is 2.60 bits per heavy atom. The number of benzene rings is 3. The van der Waals surface area contributed by atoms with Gasteiger partial charge in [-0.25, -0.2) is 0 Å². The third-order valence-electron chi connectivity index (χ3n) is 4.98. The number of rotatable bonds is 5. The van der Waals surface area contributed by atoms with Crippen molar-refractivity contribution in [2.24, 2.45) is 0 Å². The maximum absolute atomic E-state index is 12.8. The quantitative estimate of drug-likeness (QED) is 0.325. The topological polar surface area (TPSA) is 78.7 Å². The molecule has 30 heavy (non-hydrogen) atoms. The van der Waals surface area contributed by atoms with Crippen LogP contribution in [0.1, 0.15) is 32.6 Å². The van der Waals surface area contributed by atoms with Crippen molar-refractivity contribution in [3.8, 4) is 11.5 Å². The van der Waals surface area contributed by atoms with E-state index >= 15 is 0 Å². The first-order valence-corrected chi connectivity index (χ1v) is 9.43. The number of ether oxygens (including phenoxy) is 2.